The molecule has 2 aromatic rings. The fourth-order valence-electron chi connectivity index (χ4n) is 2.53. The normalized spacial score (nSPS) is 12.3. The van der Waals surface area contributed by atoms with Gasteiger partial charge < -0.3 is 9.47 Å². The highest BCUT2D eigenvalue weighted by Gasteiger charge is 2.32. The summed E-state index contributed by atoms with van der Waals surface area (Å²) in [6.07, 6.45) is -4.62. The Balaban J connectivity index is 2.36. The minimum atomic E-state index is -4.62. The van der Waals surface area contributed by atoms with Gasteiger partial charge in [-0.15, -0.1) is 0 Å². The van der Waals surface area contributed by atoms with Crippen LogP contribution in [0.2, 0.25) is 0 Å². The second-order valence-electron chi connectivity index (χ2n) is 5.65. The summed E-state index contributed by atoms with van der Waals surface area (Å²) < 4.78 is 75.8. The number of benzene rings is 2. The number of nitrogens with zero attached hydrogens (tertiary/aromatic N) is 1. The van der Waals surface area contributed by atoms with Gasteiger partial charge in [0.1, 0.15) is 0 Å². The van der Waals surface area contributed by atoms with Crippen LogP contribution < -0.4 is 9.47 Å². The number of alkyl halides is 3. The molecule has 0 radical (unpaired) electrons. The van der Waals surface area contributed by atoms with Crippen LogP contribution in [0.1, 0.15) is 18.1 Å². The Labute approximate surface area is 156 Å². The van der Waals surface area contributed by atoms with Crippen LogP contribution in [0.4, 0.5) is 13.2 Å². The van der Waals surface area contributed by atoms with Crippen molar-refractivity contribution in [3.8, 4) is 11.5 Å². The molecule has 0 saturated carbocycles. The van der Waals surface area contributed by atoms with Crippen molar-refractivity contribution in [2.75, 3.05) is 20.8 Å². The first-order valence-corrected chi connectivity index (χ1v) is 9.45. The lowest BCUT2D eigenvalue weighted by molar-refractivity contribution is -0.137. The summed E-state index contributed by atoms with van der Waals surface area (Å²) in [5.41, 5.74) is -0.393. The van der Waals surface area contributed by atoms with Crippen LogP contribution in [0.25, 0.3) is 0 Å². The molecule has 0 aliphatic carbocycles. The SMILES string of the molecule is CCN(Cc1ccc(OC)c(OC)c1)S(=O)(=O)c1cccc(C(F)(F)F)c1. The van der Waals surface area contributed by atoms with Crippen molar-refractivity contribution in [3.05, 3.63) is 53.6 Å². The van der Waals surface area contributed by atoms with Crippen LogP contribution in [-0.4, -0.2) is 33.5 Å². The molecule has 0 aromatic heterocycles. The average Bonchev–Trinajstić information content (AvgIpc) is 2.65. The maximum Gasteiger partial charge on any atom is 0.416 e. The van der Waals surface area contributed by atoms with Gasteiger partial charge in [-0.25, -0.2) is 8.42 Å². The minimum Gasteiger partial charge on any atom is -0.493 e. The third-order valence-corrected chi connectivity index (χ3v) is 5.88. The van der Waals surface area contributed by atoms with Gasteiger partial charge in [-0.3, -0.25) is 0 Å². The predicted molar refractivity (Wildman–Crippen MR) is 94.3 cm³/mol. The van der Waals surface area contributed by atoms with Crippen molar-refractivity contribution < 1.29 is 31.1 Å². The molecule has 0 bridgehead atoms. The van der Waals surface area contributed by atoms with Crippen LogP contribution in [-0.2, 0) is 22.7 Å². The topological polar surface area (TPSA) is 55.8 Å². The number of hydrogen-bond acceptors (Lipinski definition) is 4. The lowest BCUT2D eigenvalue weighted by atomic mass is 10.2. The highest BCUT2D eigenvalue weighted by molar-refractivity contribution is 7.89. The molecule has 0 aliphatic heterocycles. The van der Waals surface area contributed by atoms with Crippen molar-refractivity contribution in [2.24, 2.45) is 0 Å². The van der Waals surface area contributed by atoms with E-state index in [1.54, 1.807) is 25.1 Å². The number of ether oxygens (including phenoxy) is 2. The summed E-state index contributed by atoms with van der Waals surface area (Å²) in [6, 6.07) is 8.66. The Morgan fingerprint density at radius 2 is 1.67 bits per heavy atom. The Morgan fingerprint density at radius 1 is 1.00 bits per heavy atom. The van der Waals surface area contributed by atoms with Crippen molar-refractivity contribution in [1.82, 2.24) is 4.31 Å². The summed E-state index contributed by atoms with van der Waals surface area (Å²) >= 11 is 0. The van der Waals surface area contributed by atoms with E-state index >= 15 is 0 Å². The number of sulfonamides is 1. The fraction of sp³-hybridized carbons (Fsp3) is 0.333. The smallest absolute Gasteiger partial charge is 0.416 e. The van der Waals surface area contributed by atoms with E-state index in [1.807, 2.05) is 0 Å². The summed E-state index contributed by atoms with van der Waals surface area (Å²) in [5.74, 6) is 0.924. The first kappa shape index (κ1) is 21.0. The average molecular weight is 403 g/mol. The zero-order chi connectivity index (χ0) is 20.2. The van der Waals surface area contributed by atoms with E-state index in [4.69, 9.17) is 9.47 Å². The van der Waals surface area contributed by atoms with Crippen LogP contribution in [0.5, 0.6) is 11.5 Å². The van der Waals surface area contributed by atoms with Gasteiger partial charge in [0, 0.05) is 13.1 Å². The molecule has 2 rings (SSSR count). The lowest BCUT2D eigenvalue weighted by Crippen LogP contribution is -2.30. The van der Waals surface area contributed by atoms with Gasteiger partial charge in [0.25, 0.3) is 0 Å². The number of halogens is 3. The molecule has 27 heavy (non-hydrogen) atoms. The van der Waals surface area contributed by atoms with E-state index in [0.717, 1.165) is 22.5 Å². The molecular formula is C18H20F3NO4S. The van der Waals surface area contributed by atoms with Gasteiger partial charge in [-0.1, -0.05) is 19.1 Å². The van der Waals surface area contributed by atoms with Crippen molar-refractivity contribution in [2.45, 2.75) is 24.5 Å². The second kappa shape index (κ2) is 8.18. The predicted octanol–water partition coefficient (Wildman–Crippen LogP) is 3.93. The molecule has 0 heterocycles. The Morgan fingerprint density at radius 3 is 2.22 bits per heavy atom. The summed E-state index contributed by atoms with van der Waals surface area (Å²) in [7, 11) is -1.17. The van der Waals surface area contributed by atoms with E-state index in [9.17, 15) is 21.6 Å². The molecule has 148 valence electrons. The molecule has 2 aromatic carbocycles. The molecular weight excluding hydrogens is 383 g/mol. The molecule has 9 heteroatoms. The standard InChI is InChI=1S/C18H20F3NO4S/c1-4-22(12-13-8-9-16(25-2)17(10-13)26-3)27(23,24)15-7-5-6-14(11-15)18(19,20)21/h5-11H,4,12H2,1-3H3. The lowest BCUT2D eigenvalue weighted by Gasteiger charge is -2.22. The van der Waals surface area contributed by atoms with Crippen molar-refractivity contribution in [1.29, 1.82) is 0 Å². The second-order valence-corrected chi connectivity index (χ2v) is 7.58. The van der Waals surface area contributed by atoms with Gasteiger partial charge in [-0.05, 0) is 35.9 Å². The van der Waals surface area contributed by atoms with Gasteiger partial charge >= 0.3 is 6.18 Å². The van der Waals surface area contributed by atoms with E-state index < -0.39 is 26.7 Å². The Hall–Kier alpha value is -2.26. The molecule has 0 unspecified atom stereocenters. The quantitative estimate of drug-likeness (QED) is 0.703. The minimum absolute atomic E-state index is 0.0184. The number of hydrogen-bond donors (Lipinski definition) is 0. The highest BCUT2D eigenvalue weighted by Crippen LogP contribution is 2.32. The molecule has 0 spiro atoms. The Kier molecular flexibility index (Phi) is 6.38. The van der Waals surface area contributed by atoms with Crippen LogP contribution in [0, 0.1) is 0 Å². The van der Waals surface area contributed by atoms with E-state index in [0.29, 0.717) is 23.1 Å². The van der Waals surface area contributed by atoms with Gasteiger partial charge in [0.05, 0.1) is 24.7 Å². The zero-order valence-electron chi connectivity index (χ0n) is 15.1. The van der Waals surface area contributed by atoms with Crippen LogP contribution >= 0.6 is 0 Å². The molecule has 0 fully saturated rings. The van der Waals surface area contributed by atoms with E-state index in [-0.39, 0.29) is 13.1 Å². The zero-order valence-corrected chi connectivity index (χ0v) is 15.9. The van der Waals surface area contributed by atoms with Crippen LogP contribution in [0.3, 0.4) is 0 Å². The summed E-state index contributed by atoms with van der Waals surface area (Å²) in [6.45, 7) is 1.69. The van der Waals surface area contributed by atoms with E-state index in [2.05, 4.69) is 0 Å². The van der Waals surface area contributed by atoms with Crippen molar-refractivity contribution >= 4 is 10.0 Å². The number of methoxy groups -OCH3 is 2. The maximum atomic E-state index is 12.9. The van der Waals surface area contributed by atoms with Gasteiger partial charge in [0.15, 0.2) is 11.5 Å². The third kappa shape index (κ3) is 4.72. The van der Waals surface area contributed by atoms with Gasteiger partial charge in [-0.2, -0.15) is 17.5 Å². The number of rotatable bonds is 7. The fourth-order valence-corrected chi connectivity index (χ4v) is 4.01. The molecule has 5 nitrogen and oxygen atoms in total. The van der Waals surface area contributed by atoms with Crippen molar-refractivity contribution in [3.63, 3.8) is 0 Å². The molecule has 0 aliphatic rings. The highest BCUT2D eigenvalue weighted by atomic mass is 32.2. The van der Waals surface area contributed by atoms with Gasteiger partial charge in [0.2, 0.25) is 10.0 Å². The molecule has 0 atom stereocenters. The summed E-state index contributed by atoms with van der Waals surface area (Å²) in [5, 5.41) is 0. The summed E-state index contributed by atoms with van der Waals surface area (Å²) in [4.78, 5) is -0.403. The molecule has 0 N–H and O–H groups in total. The monoisotopic (exact) mass is 403 g/mol. The molecule has 0 saturated heterocycles. The first-order chi connectivity index (χ1) is 12.6. The largest absolute Gasteiger partial charge is 0.493 e. The van der Waals surface area contributed by atoms with E-state index in [1.165, 1.54) is 14.2 Å². The molecule has 0 amide bonds. The van der Waals surface area contributed by atoms with Crippen LogP contribution in [0.15, 0.2) is 47.4 Å². The first-order valence-electron chi connectivity index (χ1n) is 8.01. The maximum absolute atomic E-state index is 12.9. The third-order valence-electron chi connectivity index (χ3n) is 3.96. The Bertz CT molecular complexity index is 898.